The summed E-state index contributed by atoms with van der Waals surface area (Å²) in [6.07, 6.45) is 0.707. The molecule has 0 bridgehead atoms. The number of morpholine rings is 1. The minimum absolute atomic E-state index is 0. The van der Waals surface area contributed by atoms with E-state index < -0.39 is 0 Å². The summed E-state index contributed by atoms with van der Waals surface area (Å²) in [4.78, 5) is 16.6. The maximum atomic E-state index is 12.3. The Morgan fingerprint density at radius 1 is 1.21 bits per heavy atom. The average molecular weight is 419 g/mol. The lowest BCUT2D eigenvalue weighted by Gasteiger charge is -2.34. The fraction of sp³-hybridized carbons (Fsp3) is 0.588. The summed E-state index contributed by atoms with van der Waals surface area (Å²) in [6.45, 7) is 6.80. The maximum absolute atomic E-state index is 12.3. The van der Waals surface area contributed by atoms with Crippen molar-refractivity contribution in [3.05, 3.63) is 34.3 Å². The van der Waals surface area contributed by atoms with Crippen LogP contribution in [0.5, 0.6) is 0 Å². The number of carbonyl (C=O) groups excluding carboxylic acids is 1. The average Bonchev–Trinajstić information content (AvgIpc) is 2.61. The van der Waals surface area contributed by atoms with Crippen molar-refractivity contribution in [3.8, 4) is 0 Å². The molecule has 3 rings (SSSR count). The number of amides is 1. The van der Waals surface area contributed by atoms with Crippen LogP contribution in [-0.2, 0) is 9.53 Å². The summed E-state index contributed by atoms with van der Waals surface area (Å²) in [5, 5.41) is 3.28. The van der Waals surface area contributed by atoms with Crippen LogP contribution in [0.1, 0.15) is 18.1 Å². The molecule has 5 nitrogen and oxygen atoms in total. The van der Waals surface area contributed by atoms with Gasteiger partial charge in [0.1, 0.15) is 0 Å². The minimum atomic E-state index is 0. The molecule has 24 heavy (non-hydrogen) atoms. The van der Waals surface area contributed by atoms with E-state index in [0.29, 0.717) is 6.42 Å². The van der Waals surface area contributed by atoms with Crippen molar-refractivity contribution in [2.45, 2.75) is 12.5 Å². The van der Waals surface area contributed by atoms with Crippen molar-refractivity contribution in [2.24, 2.45) is 0 Å². The van der Waals surface area contributed by atoms with Crippen LogP contribution in [0.3, 0.4) is 0 Å². The van der Waals surface area contributed by atoms with E-state index in [2.05, 4.69) is 38.3 Å². The number of benzene rings is 1. The minimum Gasteiger partial charge on any atom is -0.371 e. The Labute approximate surface area is 158 Å². The third-order valence-electron chi connectivity index (χ3n) is 4.50. The Morgan fingerprint density at radius 2 is 1.92 bits per heavy atom. The van der Waals surface area contributed by atoms with Crippen molar-refractivity contribution in [1.82, 2.24) is 15.1 Å². The van der Waals surface area contributed by atoms with Crippen LogP contribution in [0.15, 0.2) is 28.7 Å². The molecular formula is C17H25BrClN3O2. The largest absolute Gasteiger partial charge is 0.371 e. The van der Waals surface area contributed by atoms with Crippen LogP contribution in [-0.4, -0.2) is 68.1 Å². The van der Waals surface area contributed by atoms with Gasteiger partial charge in [-0.25, -0.2) is 0 Å². The standard InChI is InChI=1S/C17H24BrN3O2.ClH/c18-15-3-1-14(2-4-15)16-13-20(11-12-23-16)8-5-17(22)21-9-6-19-7-10-21;/h1-4,16,19H,5-13H2;1H. The number of piperazine rings is 1. The predicted octanol–water partition coefficient (Wildman–Crippen LogP) is 2.07. The molecule has 2 fully saturated rings. The Morgan fingerprint density at radius 3 is 2.62 bits per heavy atom. The lowest BCUT2D eigenvalue weighted by molar-refractivity contribution is -0.132. The van der Waals surface area contributed by atoms with Crippen LogP contribution in [0.2, 0.25) is 0 Å². The van der Waals surface area contributed by atoms with Crippen LogP contribution in [0.4, 0.5) is 0 Å². The highest BCUT2D eigenvalue weighted by molar-refractivity contribution is 9.10. The van der Waals surface area contributed by atoms with Crippen LogP contribution in [0, 0.1) is 0 Å². The van der Waals surface area contributed by atoms with E-state index in [-0.39, 0.29) is 24.4 Å². The summed E-state index contributed by atoms with van der Waals surface area (Å²) in [5.74, 6) is 0.276. The van der Waals surface area contributed by atoms with E-state index in [1.165, 1.54) is 5.56 Å². The molecule has 1 unspecified atom stereocenters. The Kier molecular flexibility index (Phi) is 7.97. The molecule has 0 radical (unpaired) electrons. The molecule has 1 N–H and O–H groups in total. The normalized spacial score (nSPS) is 22.0. The van der Waals surface area contributed by atoms with Gasteiger partial charge in [-0.3, -0.25) is 9.69 Å². The molecule has 0 spiro atoms. The highest BCUT2D eigenvalue weighted by Crippen LogP contribution is 2.23. The first-order valence-corrected chi connectivity index (χ1v) is 9.09. The van der Waals surface area contributed by atoms with Gasteiger partial charge < -0.3 is 15.0 Å². The third kappa shape index (κ3) is 5.43. The van der Waals surface area contributed by atoms with Crippen molar-refractivity contribution in [1.29, 1.82) is 0 Å². The molecule has 2 heterocycles. The van der Waals surface area contributed by atoms with E-state index in [9.17, 15) is 4.79 Å². The van der Waals surface area contributed by atoms with Crippen molar-refractivity contribution >= 4 is 34.2 Å². The second-order valence-corrected chi connectivity index (χ2v) is 7.01. The van der Waals surface area contributed by atoms with E-state index in [1.807, 2.05) is 17.0 Å². The van der Waals surface area contributed by atoms with Gasteiger partial charge in [0.15, 0.2) is 0 Å². The third-order valence-corrected chi connectivity index (χ3v) is 5.03. The van der Waals surface area contributed by atoms with Crippen molar-refractivity contribution in [3.63, 3.8) is 0 Å². The molecule has 7 heteroatoms. The molecule has 1 aromatic rings. The first-order valence-electron chi connectivity index (χ1n) is 8.30. The number of carbonyl (C=O) groups is 1. The molecule has 0 saturated carbocycles. The zero-order valence-corrected chi connectivity index (χ0v) is 16.2. The molecule has 2 aliphatic rings. The Bertz CT molecular complexity index is 523. The van der Waals surface area contributed by atoms with Gasteiger partial charge in [0.05, 0.1) is 12.7 Å². The fourth-order valence-corrected chi connectivity index (χ4v) is 3.38. The SMILES string of the molecule is Cl.O=C(CCN1CCOC(c2ccc(Br)cc2)C1)N1CCNCC1. The van der Waals surface area contributed by atoms with Crippen LogP contribution >= 0.6 is 28.3 Å². The van der Waals surface area contributed by atoms with Gasteiger partial charge in [-0.1, -0.05) is 28.1 Å². The van der Waals surface area contributed by atoms with Gasteiger partial charge in [-0.05, 0) is 17.7 Å². The molecule has 134 valence electrons. The Balaban J connectivity index is 0.00000208. The van der Waals surface area contributed by atoms with Crippen LogP contribution < -0.4 is 5.32 Å². The molecule has 0 aromatic heterocycles. The molecular weight excluding hydrogens is 394 g/mol. The van der Waals surface area contributed by atoms with Crippen LogP contribution in [0.25, 0.3) is 0 Å². The Hall–Kier alpha value is -0.660. The highest BCUT2D eigenvalue weighted by atomic mass is 79.9. The molecule has 0 aliphatic carbocycles. The van der Waals surface area contributed by atoms with E-state index in [4.69, 9.17) is 4.74 Å². The number of hydrogen-bond acceptors (Lipinski definition) is 4. The molecule has 1 amide bonds. The van der Waals surface area contributed by atoms with Gasteiger partial charge in [0, 0.05) is 56.7 Å². The lowest BCUT2D eigenvalue weighted by Crippen LogP contribution is -2.47. The predicted molar refractivity (Wildman–Crippen MR) is 101 cm³/mol. The molecule has 1 aromatic carbocycles. The number of nitrogens with zero attached hydrogens (tertiary/aromatic N) is 2. The lowest BCUT2D eigenvalue weighted by atomic mass is 10.1. The second-order valence-electron chi connectivity index (χ2n) is 6.09. The molecule has 2 aliphatic heterocycles. The highest BCUT2D eigenvalue weighted by Gasteiger charge is 2.23. The summed E-state index contributed by atoms with van der Waals surface area (Å²) in [7, 11) is 0. The maximum Gasteiger partial charge on any atom is 0.223 e. The topological polar surface area (TPSA) is 44.8 Å². The monoisotopic (exact) mass is 417 g/mol. The van der Waals surface area contributed by atoms with Gasteiger partial charge >= 0.3 is 0 Å². The summed E-state index contributed by atoms with van der Waals surface area (Å²) in [6, 6.07) is 8.30. The zero-order valence-electron chi connectivity index (χ0n) is 13.7. The van der Waals surface area contributed by atoms with E-state index in [1.54, 1.807) is 0 Å². The fourth-order valence-electron chi connectivity index (χ4n) is 3.11. The van der Waals surface area contributed by atoms with Gasteiger partial charge in [0.25, 0.3) is 0 Å². The van der Waals surface area contributed by atoms with E-state index in [0.717, 1.165) is 56.9 Å². The van der Waals surface area contributed by atoms with Crippen molar-refractivity contribution in [2.75, 3.05) is 52.4 Å². The zero-order chi connectivity index (χ0) is 16.1. The molecule has 1 atom stereocenters. The number of ether oxygens (including phenoxy) is 1. The first kappa shape index (κ1) is 19.7. The van der Waals surface area contributed by atoms with Gasteiger partial charge in [0.2, 0.25) is 5.91 Å². The summed E-state index contributed by atoms with van der Waals surface area (Å²) < 4.78 is 6.98. The summed E-state index contributed by atoms with van der Waals surface area (Å²) in [5.41, 5.74) is 1.20. The van der Waals surface area contributed by atoms with Gasteiger partial charge in [-0.2, -0.15) is 0 Å². The smallest absolute Gasteiger partial charge is 0.223 e. The first-order chi connectivity index (χ1) is 11.2. The number of hydrogen-bond donors (Lipinski definition) is 1. The van der Waals surface area contributed by atoms with E-state index >= 15 is 0 Å². The molecule has 2 saturated heterocycles. The number of rotatable bonds is 4. The van der Waals surface area contributed by atoms with Crippen molar-refractivity contribution < 1.29 is 9.53 Å². The summed E-state index contributed by atoms with van der Waals surface area (Å²) >= 11 is 3.46. The van der Waals surface area contributed by atoms with Gasteiger partial charge in [-0.15, -0.1) is 12.4 Å². The number of halogens is 2. The second kappa shape index (κ2) is 9.73. The quantitative estimate of drug-likeness (QED) is 0.813. The number of nitrogens with one attached hydrogen (secondary N) is 1.